The maximum atomic E-state index is 12.5. The van der Waals surface area contributed by atoms with Gasteiger partial charge in [-0.2, -0.15) is 0 Å². The number of amides is 1. The Kier molecular flexibility index (Phi) is 6.62. The van der Waals surface area contributed by atoms with Crippen LogP contribution in [-0.4, -0.2) is 61.8 Å². The molecular formula is C20H23N4NaO4S2. The molecule has 0 bridgehead atoms. The third-order valence-electron chi connectivity index (χ3n) is 6.38. The summed E-state index contributed by atoms with van der Waals surface area (Å²) in [7, 11) is 0. The van der Waals surface area contributed by atoms with Gasteiger partial charge in [-0.3, -0.25) is 9.20 Å². The van der Waals surface area contributed by atoms with Gasteiger partial charge in [0.25, 0.3) is 0 Å². The minimum atomic E-state index is -1.35. The van der Waals surface area contributed by atoms with Gasteiger partial charge in [-0.15, -0.1) is 11.3 Å². The van der Waals surface area contributed by atoms with E-state index in [2.05, 4.69) is 10.3 Å². The number of thioether (sulfide) groups is 1. The molecule has 4 atom stereocenters. The van der Waals surface area contributed by atoms with Gasteiger partial charge < -0.3 is 25.2 Å². The third-order valence-corrected chi connectivity index (χ3v) is 8.97. The van der Waals surface area contributed by atoms with Crippen LogP contribution in [0, 0.1) is 11.8 Å². The number of β-lactam (4-membered cyclic amide) rings is 1. The maximum Gasteiger partial charge on any atom is 1.00 e. The molecule has 0 unspecified atom stereocenters. The number of aliphatic hydroxyl groups excluding tert-OH is 1. The predicted octanol–water partition coefficient (Wildman–Crippen LogP) is -2.44. The summed E-state index contributed by atoms with van der Waals surface area (Å²) in [4.78, 5) is 32.2. The van der Waals surface area contributed by atoms with Crippen LogP contribution in [0.1, 0.15) is 31.6 Å². The summed E-state index contributed by atoms with van der Waals surface area (Å²) < 4.78 is 1.93. The molecular weight excluding hydrogens is 447 g/mol. The van der Waals surface area contributed by atoms with E-state index in [1.165, 1.54) is 16.2 Å². The molecule has 0 radical (unpaired) electrons. The second kappa shape index (κ2) is 8.81. The van der Waals surface area contributed by atoms with Crippen LogP contribution in [0.5, 0.6) is 0 Å². The van der Waals surface area contributed by atoms with Crippen molar-refractivity contribution >= 4 is 45.4 Å². The van der Waals surface area contributed by atoms with Gasteiger partial charge in [0.15, 0.2) is 0 Å². The average Bonchev–Trinajstić information content (AvgIpc) is 3.33. The zero-order valence-electron chi connectivity index (χ0n) is 17.7. The summed E-state index contributed by atoms with van der Waals surface area (Å²) in [6, 6.07) is -0.344. The SMILES string of the molecule is C[C@@H](O)[C@H]1C(=O)N2C(C(=O)[O-])=C(c3cn4cnc(SC5CCNCC5)c4s3)[C@H](C)[C@H]12.[Na+]. The van der Waals surface area contributed by atoms with E-state index in [-0.39, 0.29) is 53.1 Å². The number of carboxylic acids is 1. The van der Waals surface area contributed by atoms with E-state index in [1.54, 1.807) is 25.0 Å². The average molecular weight is 471 g/mol. The largest absolute Gasteiger partial charge is 1.00 e. The number of carboxylic acid groups (broad SMARTS) is 1. The molecule has 2 fully saturated rings. The van der Waals surface area contributed by atoms with Crippen molar-refractivity contribution in [1.29, 1.82) is 0 Å². The summed E-state index contributed by atoms with van der Waals surface area (Å²) in [5.74, 6) is -2.47. The quantitative estimate of drug-likeness (QED) is 0.369. The number of carbonyl (C=O) groups is 2. The molecule has 5 rings (SSSR count). The number of nitrogens with one attached hydrogen (secondary N) is 1. The van der Waals surface area contributed by atoms with Crippen molar-refractivity contribution in [3.05, 3.63) is 23.1 Å². The summed E-state index contributed by atoms with van der Waals surface area (Å²) in [5, 5.41) is 26.8. The first-order valence-electron chi connectivity index (χ1n) is 10.2. The Morgan fingerprint density at radius 1 is 1.42 bits per heavy atom. The fourth-order valence-corrected chi connectivity index (χ4v) is 7.42. The molecule has 0 saturated carbocycles. The van der Waals surface area contributed by atoms with Crippen LogP contribution < -0.4 is 40.0 Å². The molecule has 5 heterocycles. The van der Waals surface area contributed by atoms with E-state index in [0.717, 1.165) is 40.7 Å². The number of aliphatic hydroxyl groups is 1. The van der Waals surface area contributed by atoms with Crippen molar-refractivity contribution in [3.8, 4) is 0 Å². The van der Waals surface area contributed by atoms with Crippen LogP contribution in [0.3, 0.4) is 0 Å². The van der Waals surface area contributed by atoms with Gasteiger partial charge in [0.2, 0.25) is 5.91 Å². The van der Waals surface area contributed by atoms with Crippen molar-refractivity contribution in [2.75, 3.05) is 13.1 Å². The van der Waals surface area contributed by atoms with Crippen LogP contribution in [0.25, 0.3) is 10.4 Å². The molecule has 11 heteroatoms. The maximum absolute atomic E-state index is 12.5. The number of hydrogen-bond acceptors (Lipinski definition) is 8. The summed E-state index contributed by atoms with van der Waals surface area (Å²) in [5.41, 5.74) is 0.558. The molecule has 1 amide bonds. The number of hydrogen-bond donors (Lipinski definition) is 2. The molecule has 3 aliphatic rings. The van der Waals surface area contributed by atoms with Crippen molar-refractivity contribution in [3.63, 3.8) is 0 Å². The number of fused-ring (bicyclic) bond motifs is 2. The van der Waals surface area contributed by atoms with Crippen LogP contribution >= 0.6 is 23.1 Å². The monoisotopic (exact) mass is 470 g/mol. The van der Waals surface area contributed by atoms with Crippen molar-refractivity contribution < 1.29 is 49.4 Å². The molecule has 31 heavy (non-hydrogen) atoms. The molecule has 8 nitrogen and oxygen atoms in total. The number of rotatable bonds is 5. The van der Waals surface area contributed by atoms with Gasteiger partial charge >= 0.3 is 29.6 Å². The molecule has 0 aliphatic carbocycles. The van der Waals surface area contributed by atoms with Gasteiger partial charge in [-0.25, -0.2) is 4.98 Å². The van der Waals surface area contributed by atoms with E-state index in [4.69, 9.17) is 0 Å². The van der Waals surface area contributed by atoms with Gasteiger partial charge in [0.05, 0.1) is 34.6 Å². The fourth-order valence-electron chi connectivity index (χ4n) is 4.94. The Hall–Kier alpha value is -0.880. The predicted molar refractivity (Wildman–Crippen MR) is 112 cm³/mol. The second-order valence-electron chi connectivity index (χ2n) is 8.23. The first-order chi connectivity index (χ1) is 14.4. The number of aromatic nitrogens is 2. The van der Waals surface area contributed by atoms with Gasteiger partial charge in [-0.05, 0) is 32.9 Å². The fraction of sp³-hybridized carbons (Fsp3) is 0.550. The topological polar surface area (TPSA) is 110 Å². The van der Waals surface area contributed by atoms with E-state index in [0.29, 0.717) is 10.8 Å². The number of nitrogens with zero attached hydrogens (tertiary/aromatic N) is 3. The van der Waals surface area contributed by atoms with Crippen LogP contribution in [0.4, 0.5) is 0 Å². The second-order valence-corrected chi connectivity index (χ2v) is 10.5. The van der Waals surface area contributed by atoms with Gasteiger partial charge in [0.1, 0.15) is 16.2 Å². The normalized spacial score (nSPS) is 27.3. The Bertz CT molecular complexity index is 1060. The van der Waals surface area contributed by atoms with Crippen LogP contribution in [-0.2, 0) is 9.59 Å². The van der Waals surface area contributed by atoms with Crippen LogP contribution in [0.15, 0.2) is 23.2 Å². The first kappa shape index (κ1) is 23.3. The Balaban J connectivity index is 0.00000231. The molecule has 2 saturated heterocycles. The molecule has 160 valence electrons. The smallest absolute Gasteiger partial charge is 0.543 e. The van der Waals surface area contributed by atoms with E-state index in [1.807, 2.05) is 17.5 Å². The van der Waals surface area contributed by atoms with Crippen molar-refractivity contribution in [2.45, 2.75) is 49.1 Å². The minimum Gasteiger partial charge on any atom is -0.543 e. The number of thiazole rings is 1. The Morgan fingerprint density at radius 2 is 2.13 bits per heavy atom. The molecule has 2 aromatic rings. The summed E-state index contributed by atoms with van der Waals surface area (Å²) in [6.07, 6.45) is 5.02. The molecule has 0 aromatic carbocycles. The number of imidazole rings is 1. The van der Waals surface area contributed by atoms with E-state index in [9.17, 15) is 19.8 Å². The molecule has 2 N–H and O–H groups in total. The van der Waals surface area contributed by atoms with Crippen LogP contribution in [0.2, 0.25) is 0 Å². The Labute approximate surface area is 210 Å². The Morgan fingerprint density at radius 3 is 2.77 bits per heavy atom. The summed E-state index contributed by atoms with van der Waals surface area (Å²) >= 11 is 3.28. The molecule has 0 spiro atoms. The zero-order chi connectivity index (χ0) is 21.2. The van der Waals surface area contributed by atoms with Crippen molar-refractivity contribution in [1.82, 2.24) is 19.6 Å². The number of aliphatic carboxylic acids is 1. The standard InChI is InChI=1S/C20H24N4O4S2.Na/c1-9-13(16(20(27)28)24-15(9)14(10(2)25)18(24)26)12-7-23-8-22-17(19(23)30-12)29-11-3-5-21-6-4-11;/h7-11,14-15,21,25H,3-6H2,1-2H3,(H,27,28);/q;+1/p-1/t9-,10+,14+,15+;/m0./s1. The zero-order valence-corrected chi connectivity index (χ0v) is 21.3. The minimum absolute atomic E-state index is 0. The van der Waals surface area contributed by atoms with Gasteiger partial charge in [-0.1, -0.05) is 18.7 Å². The third kappa shape index (κ3) is 3.70. The van der Waals surface area contributed by atoms with Gasteiger partial charge in [0, 0.05) is 22.9 Å². The molecule has 2 aromatic heterocycles. The first-order valence-corrected chi connectivity index (χ1v) is 11.9. The number of piperidine rings is 1. The number of carbonyl (C=O) groups excluding carboxylic acids is 2. The van der Waals surface area contributed by atoms with Crippen molar-refractivity contribution in [2.24, 2.45) is 11.8 Å². The van der Waals surface area contributed by atoms with E-state index >= 15 is 0 Å². The van der Waals surface area contributed by atoms with E-state index < -0.39 is 18.0 Å². The molecule has 3 aliphatic heterocycles. The summed E-state index contributed by atoms with van der Waals surface area (Å²) in [6.45, 7) is 5.52.